The predicted octanol–water partition coefficient (Wildman–Crippen LogP) is 2.98. The lowest BCUT2D eigenvalue weighted by Gasteiger charge is -2.07. The van der Waals surface area contributed by atoms with Crippen LogP contribution < -0.4 is 0 Å². The number of hydrogen-bond acceptors (Lipinski definition) is 2. The van der Waals surface area contributed by atoms with E-state index in [1.165, 1.54) is 12.1 Å². The van der Waals surface area contributed by atoms with Crippen LogP contribution in [0.1, 0.15) is 25.3 Å². The molecule has 92 valence electrons. The molecule has 1 aliphatic rings. The number of halogens is 1. The van der Waals surface area contributed by atoms with Gasteiger partial charge in [0.2, 0.25) is 0 Å². The van der Waals surface area contributed by atoms with E-state index in [2.05, 4.69) is 5.10 Å². The van der Waals surface area contributed by atoms with Gasteiger partial charge in [0.25, 0.3) is 0 Å². The Kier molecular flexibility index (Phi) is 2.70. The molecule has 0 saturated heterocycles. The van der Waals surface area contributed by atoms with Crippen LogP contribution in [0.25, 0.3) is 11.3 Å². The summed E-state index contributed by atoms with van der Waals surface area (Å²) >= 11 is 0. The Balaban J connectivity index is 1.87. The van der Waals surface area contributed by atoms with Crippen molar-refractivity contribution in [3.63, 3.8) is 0 Å². The Labute approximate surface area is 104 Å². The van der Waals surface area contributed by atoms with Crippen molar-refractivity contribution in [2.75, 3.05) is 0 Å². The van der Waals surface area contributed by atoms with Crippen LogP contribution in [0, 0.1) is 5.82 Å². The van der Waals surface area contributed by atoms with Gasteiger partial charge in [0, 0.05) is 24.6 Å². The van der Waals surface area contributed by atoms with Crippen molar-refractivity contribution in [1.29, 1.82) is 0 Å². The molecule has 1 saturated carbocycles. The largest absolute Gasteiger partial charge is 0.300 e. The second-order valence-electron chi connectivity index (χ2n) is 4.63. The summed E-state index contributed by atoms with van der Waals surface area (Å²) < 4.78 is 15.0. The molecule has 1 heterocycles. The fourth-order valence-corrected chi connectivity index (χ4v) is 2.36. The average Bonchev–Trinajstić information content (AvgIpc) is 2.97. The number of rotatable bonds is 2. The van der Waals surface area contributed by atoms with Gasteiger partial charge in [0.15, 0.2) is 0 Å². The second-order valence-corrected chi connectivity index (χ2v) is 4.63. The highest BCUT2D eigenvalue weighted by Gasteiger charge is 2.24. The highest BCUT2D eigenvalue weighted by molar-refractivity contribution is 5.80. The number of carbonyl (C=O) groups excluding carboxylic acids is 1. The van der Waals surface area contributed by atoms with E-state index in [4.69, 9.17) is 0 Å². The van der Waals surface area contributed by atoms with Crippen LogP contribution in [0.4, 0.5) is 4.39 Å². The Morgan fingerprint density at radius 3 is 2.94 bits per heavy atom. The zero-order valence-electron chi connectivity index (χ0n) is 9.84. The molecule has 0 amide bonds. The smallest absolute Gasteiger partial charge is 0.135 e. The number of carbonyl (C=O) groups is 1. The van der Waals surface area contributed by atoms with Gasteiger partial charge in [-0.3, -0.25) is 9.48 Å². The molecule has 0 aliphatic heterocycles. The molecule has 0 radical (unpaired) electrons. The van der Waals surface area contributed by atoms with Gasteiger partial charge in [-0.25, -0.2) is 4.39 Å². The minimum atomic E-state index is -0.266. The average molecular weight is 244 g/mol. The van der Waals surface area contributed by atoms with E-state index in [1.54, 1.807) is 6.07 Å². The topological polar surface area (TPSA) is 34.9 Å². The van der Waals surface area contributed by atoms with Crippen molar-refractivity contribution >= 4 is 5.78 Å². The van der Waals surface area contributed by atoms with Crippen LogP contribution >= 0.6 is 0 Å². The fraction of sp³-hybridized carbons (Fsp3) is 0.286. The molecular formula is C14H13FN2O. The van der Waals surface area contributed by atoms with Gasteiger partial charge in [-0.15, -0.1) is 0 Å². The van der Waals surface area contributed by atoms with Crippen LogP contribution in [0.3, 0.4) is 0 Å². The van der Waals surface area contributed by atoms with E-state index < -0.39 is 0 Å². The predicted molar refractivity (Wildman–Crippen MR) is 65.5 cm³/mol. The number of ketones is 1. The van der Waals surface area contributed by atoms with Crippen LogP contribution in [-0.4, -0.2) is 15.6 Å². The lowest BCUT2D eigenvalue weighted by atomic mass is 10.1. The fourth-order valence-electron chi connectivity index (χ4n) is 2.36. The van der Waals surface area contributed by atoms with Crippen molar-refractivity contribution in [3.8, 4) is 11.3 Å². The van der Waals surface area contributed by atoms with Gasteiger partial charge in [0.05, 0.1) is 11.7 Å². The Bertz CT molecular complexity index is 591. The molecule has 1 aromatic heterocycles. The minimum absolute atomic E-state index is 0.166. The van der Waals surface area contributed by atoms with E-state index >= 15 is 0 Å². The molecule has 3 rings (SSSR count). The summed E-state index contributed by atoms with van der Waals surface area (Å²) in [5.74, 6) is 0.0286. The normalized spacial score (nSPS) is 19.4. The van der Waals surface area contributed by atoms with E-state index in [0.717, 1.165) is 17.7 Å². The maximum atomic E-state index is 13.1. The number of nitrogens with zero attached hydrogens (tertiary/aromatic N) is 2. The van der Waals surface area contributed by atoms with Crippen LogP contribution in [0.15, 0.2) is 36.5 Å². The van der Waals surface area contributed by atoms with Gasteiger partial charge in [0.1, 0.15) is 11.6 Å². The van der Waals surface area contributed by atoms with Gasteiger partial charge in [-0.05, 0) is 24.6 Å². The Morgan fingerprint density at radius 2 is 2.22 bits per heavy atom. The van der Waals surface area contributed by atoms with E-state index in [9.17, 15) is 9.18 Å². The summed E-state index contributed by atoms with van der Waals surface area (Å²) in [5.41, 5.74) is 1.51. The van der Waals surface area contributed by atoms with Crippen LogP contribution in [-0.2, 0) is 4.79 Å². The highest BCUT2D eigenvalue weighted by Crippen LogP contribution is 2.28. The first-order valence-corrected chi connectivity index (χ1v) is 6.05. The molecule has 1 fully saturated rings. The molecule has 0 N–H and O–H groups in total. The maximum Gasteiger partial charge on any atom is 0.135 e. The van der Waals surface area contributed by atoms with E-state index in [1.807, 2.05) is 23.0 Å². The van der Waals surface area contributed by atoms with E-state index in [0.29, 0.717) is 18.6 Å². The lowest BCUT2D eigenvalue weighted by Crippen LogP contribution is -2.06. The number of aromatic nitrogens is 2. The monoisotopic (exact) mass is 244 g/mol. The van der Waals surface area contributed by atoms with Crippen molar-refractivity contribution in [3.05, 3.63) is 42.3 Å². The van der Waals surface area contributed by atoms with Gasteiger partial charge >= 0.3 is 0 Å². The molecule has 1 unspecified atom stereocenters. The van der Waals surface area contributed by atoms with E-state index in [-0.39, 0.29) is 11.9 Å². The molecule has 2 aromatic rings. The third-order valence-electron chi connectivity index (χ3n) is 3.32. The molecule has 4 heteroatoms. The lowest BCUT2D eigenvalue weighted by molar-refractivity contribution is -0.117. The molecule has 0 bridgehead atoms. The number of Topliss-reactive ketones (excluding diaryl/α,β-unsaturated/α-hetero) is 1. The maximum absolute atomic E-state index is 13.1. The van der Waals surface area contributed by atoms with Crippen molar-refractivity contribution in [1.82, 2.24) is 9.78 Å². The standard InChI is InChI=1S/C14H13FN2O/c15-11-3-1-2-10(8-11)14-6-7-17(16-14)12-4-5-13(18)9-12/h1-3,6-8,12H,4-5,9H2. The molecule has 3 nitrogen and oxygen atoms in total. The van der Waals surface area contributed by atoms with Gasteiger partial charge in [-0.2, -0.15) is 5.10 Å². The van der Waals surface area contributed by atoms with Crippen molar-refractivity contribution in [2.45, 2.75) is 25.3 Å². The van der Waals surface area contributed by atoms with Crippen LogP contribution in [0.5, 0.6) is 0 Å². The number of hydrogen-bond donors (Lipinski definition) is 0. The Morgan fingerprint density at radius 1 is 1.33 bits per heavy atom. The minimum Gasteiger partial charge on any atom is -0.300 e. The molecule has 18 heavy (non-hydrogen) atoms. The zero-order chi connectivity index (χ0) is 12.5. The molecule has 1 aliphatic carbocycles. The summed E-state index contributed by atoms with van der Waals surface area (Å²) in [5, 5.41) is 4.44. The molecule has 1 atom stereocenters. The summed E-state index contributed by atoms with van der Waals surface area (Å²) in [7, 11) is 0. The van der Waals surface area contributed by atoms with Crippen molar-refractivity contribution < 1.29 is 9.18 Å². The van der Waals surface area contributed by atoms with Crippen LogP contribution in [0.2, 0.25) is 0 Å². The first-order chi connectivity index (χ1) is 8.72. The second kappa shape index (κ2) is 4.37. The molecular weight excluding hydrogens is 231 g/mol. The SMILES string of the molecule is O=C1CCC(n2ccc(-c3cccc(F)c3)n2)C1. The summed E-state index contributed by atoms with van der Waals surface area (Å²) in [6.07, 6.45) is 3.91. The molecule has 0 spiro atoms. The zero-order valence-corrected chi connectivity index (χ0v) is 9.84. The summed E-state index contributed by atoms with van der Waals surface area (Å²) in [6.45, 7) is 0. The first kappa shape index (κ1) is 11.1. The van der Waals surface area contributed by atoms with Gasteiger partial charge in [-0.1, -0.05) is 12.1 Å². The quantitative estimate of drug-likeness (QED) is 0.814. The van der Waals surface area contributed by atoms with Gasteiger partial charge < -0.3 is 0 Å². The highest BCUT2D eigenvalue weighted by atomic mass is 19.1. The molecule has 1 aromatic carbocycles. The van der Waals surface area contributed by atoms with Crippen molar-refractivity contribution in [2.24, 2.45) is 0 Å². The number of benzene rings is 1. The third kappa shape index (κ3) is 2.06. The first-order valence-electron chi connectivity index (χ1n) is 6.05. The summed E-state index contributed by atoms with van der Waals surface area (Å²) in [4.78, 5) is 11.3. The summed E-state index contributed by atoms with van der Waals surface area (Å²) in [6, 6.07) is 8.40. The Hall–Kier alpha value is -1.97. The third-order valence-corrected chi connectivity index (χ3v) is 3.32.